The van der Waals surface area contributed by atoms with Gasteiger partial charge in [-0.05, 0) is 42.8 Å². The van der Waals surface area contributed by atoms with Gasteiger partial charge in [0.05, 0.1) is 10.2 Å². The molecule has 0 aliphatic heterocycles. The molecule has 0 spiro atoms. The maximum Gasteiger partial charge on any atom is 0.287 e. The fourth-order valence-corrected chi connectivity index (χ4v) is 3.65. The number of hydrogen-bond donors (Lipinski definition) is 2. The second-order valence-electron chi connectivity index (χ2n) is 6.05. The molecule has 0 aliphatic rings. The van der Waals surface area contributed by atoms with Gasteiger partial charge in [0, 0.05) is 18.8 Å². The molecule has 0 aliphatic carbocycles. The molecule has 2 aromatic heterocycles. The molecule has 4 aromatic rings. The molecule has 0 saturated carbocycles. The summed E-state index contributed by atoms with van der Waals surface area (Å²) in [5.74, 6) is 0.717. The molecule has 0 bridgehead atoms. The van der Waals surface area contributed by atoms with Crippen molar-refractivity contribution in [1.82, 2.24) is 10.3 Å². The number of amides is 1. The summed E-state index contributed by atoms with van der Waals surface area (Å²) in [5, 5.41) is 6.98. The van der Waals surface area contributed by atoms with E-state index >= 15 is 0 Å². The Morgan fingerprint density at radius 2 is 1.78 bits per heavy atom. The van der Waals surface area contributed by atoms with Crippen molar-refractivity contribution in [1.29, 1.82) is 0 Å². The van der Waals surface area contributed by atoms with Gasteiger partial charge >= 0.3 is 0 Å². The Kier molecular flexibility index (Phi) is 5.16. The van der Waals surface area contributed by atoms with Crippen LogP contribution in [-0.2, 0) is 0 Å². The first-order valence-corrected chi connectivity index (χ1v) is 9.64. The van der Waals surface area contributed by atoms with Crippen molar-refractivity contribution in [3.05, 3.63) is 72.5 Å². The molecule has 0 fully saturated rings. The smallest absolute Gasteiger partial charge is 0.287 e. The van der Waals surface area contributed by atoms with Gasteiger partial charge in [-0.1, -0.05) is 30.3 Å². The first-order chi connectivity index (χ1) is 13.3. The molecule has 2 heterocycles. The van der Waals surface area contributed by atoms with Crippen LogP contribution in [0.3, 0.4) is 0 Å². The maximum absolute atomic E-state index is 12.3. The van der Waals surface area contributed by atoms with Crippen LogP contribution in [0.25, 0.3) is 21.0 Å². The highest BCUT2D eigenvalue weighted by atomic mass is 32.1. The highest BCUT2D eigenvalue weighted by Crippen LogP contribution is 2.31. The number of anilines is 1. The van der Waals surface area contributed by atoms with E-state index in [2.05, 4.69) is 15.6 Å². The molecule has 2 aromatic carbocycles. The van der Waals surface area contributed by atoms with Crippen LogP contribution >= 0.6 is 11.3 Å². The van der Waals surface area contributed by atoms with Crippen molar-refractivity contribution in [2.24, 2.45) is 0 Å². The van der Waals surface area contributed by atoms with Crippen molar-refractivity contribution < 1.29 is 9.21 Å². The Bertz CT molecular complexity index is 1010. The van der Waals surface area contributed by atoms with Crippen LogP contribution in [-0.4, -0.2) is 24.0 Å². The quantitative estimate of drug-likeness (QED) is 0.455. The van der Waals surface area contributed by atoms with Gasteiger partial charge < -0.3 is 15.1 Å². The summed E-state index contributed by atoms with van der Waals surface area (Å²) in [5.41, 5.74) is 2.01. The molecule has 27 heavy (non-hydrogen) atoms. The number of rotatable bonds is 7. The minimum atomic E-state index is -0.206. The highest BCUT2D eigenvalue weighted by molar-refractivity contribution is 7.21. The predicted octanol–water partition coefficient (Wildman–Crippen LogP) is 4.79. The van der Waals surface area contributed by atoms with E-state index in [1.165, 1.54) is 0 Å². The molecule has 6 heteroatoms. The Hall–Kier alpha value is -3.12. The van der Waals surface area contributed by atoms with E-state index in [0.717, 1.165) is 33.9 Å². The zero-order valence-electron chi connectivity index (χ0n) is 14.6. The fraction of sp³-hybridized carbons (Fsp3) is 0.143. The summed E-state index contributed by atoms with van der Waals surface area (Å²) in [6.45, 7) is 1.37. The Balaban J connectivity index is 1.29. The maximum atomic E-state index is 12.3. The summed E-state index contributed by atoms with van der Waals surface area (Å²) in [6.07, 6.45) is 0.825. The number of furan rings is 1. The number of aromatic nitrogens is 1. The minimum Gasteiger partial charge on any atom is -0.448 e. The van der Waals surface area contributed by atoms with Crippen LogP contribution in [0.5, 0.6) is 0 Å². The second-order valence-corrected chi connectivity index (χ2v) is 7.08. The van der Waals surface area contributed by atoms with Crippen LogP contribution in [0.2, 0.25) is 0 Å². The molecular weight excluding hydrogens is 358 g/mol. The van der Waals surface area contributed by atoms with E-state index in [9.17, 15) is 4.79 Å². The second kappa shape index (κ2) is 8.05. The lowest BCUT2D eigenvalue weighted by Crippen LogP contribution is -2.25. The lowest BCUT2D eigenvalue weighted by Gasteiger charge is -2.06. The van der Waals surface area contributed by atoms with Gasteiger partial charge in [-0.3, -0.25) is 4.79 Å². The molecule has 0 unspecified atom stereocenters. The van der Waals surface area contributed by atoms with Crippen molar-refractivity contribution in [2.45, 2.75) is 6.42 Å². The van der Waals surface area contributed by atoms with Crippen LogP contribution in [0.15, 0.2) is 71.1 Å². The molecule has 1 amide bonds. The van der Waals surface area contributed by atoms with Crippen molar-refractivity contribution >= 4 is 33.1 Å². The monoisotopic (exact) mass is 377 g/mol. The lowest BCUT2D eigenvalue weighted by molar-refractivity contribution is 0.0926. The van der Waals surface area contributed by atoms with Crippen molar-refractivity contribution in [3.8, 4) is 10.8 Å². The van der Waals surface area contributed by atoms with Crippen LogP contribution < -0.4 is 10.6 Å². The number of para-hydroxylation sites is 2. The third-order valence-electron chi connectivity index (χ3n) is 4.08. The normalized spacial score (nSPS) is 10.8. The van der Waals surface area contributed by atoms with E-state index in [4.69, 9.17) is 4.42 Å². The fourth-order valence-electron chi connectivity index (χ4n) is 2.72. The van der Waals surface area contributed by atoms with Crippen LogP contribution in [0.1, 0.15) is 17.0 Å². The molecule has 0 atom stereocenters. The van der Waals surface area contributed by atoms with Crippen molar-refractivity contribution in [3.63, 3.8) is 0 Å². The van der Waals surface area contributed by atoms with Gasteiger partial charge in [0.1, 0.15) is 0 Å². The van der Waals surface area contributed by atoms with Gasteiger partial charge in [-0.25, -0.2) is 4.98 Å². The number of carbonyl (C=O) groups excluding carboxylic acids is 1. The molecule has 4 rings (SSSR count). The van der Waals surface area contributed by atoms with Gasteiger partial charge in [0.25, 0.3) is 5.91 Å². The lowest BCUT2D eigenvalue weighted by atomic mass is 10.3. The SMILES string of the molecule is O=C(NCCCNc1ccccc1)c1ccc(-c2nc3ccccc3s2)o1. The topological polar surface area (TPSA) is 67.2 Å². The first-order valence-electron chi connectivity index (χ1n) is 8.82. The number of nitrogens with zero attached hydrogens (tertiary/aromatic N) is 1. The average Bonchev–Trinajstić information content (AvgIpc) is 3.35. The third-order valence-corrected chi connectivity index (χ3v) is 5.13. The molecular formula is C21H19N3O2S. The number of fused-ring (bicyclic) bond motifs is 1. The van der Waals surface area contributed by atoms with E-state index in [-0.39, 0.29) is 5.91 Å². The van der Waals surface area contributed by atoms with Gasteiger partial charge in [0.2, 0.25) is 0 Å². The minimum absolute atomic E-state index is 0.206. The first kappa shape index (κ1) is 17.3. The van der Waals surface area contributed by atoms with Gasteiger partial charge in [-0.15, -0.1) is 11.3 Å². The molecule has 2 N–H and O–H groups in total. The number of benzene rings is 2. The molecule has 0 radical (unpaired) electrons. The molecule has 5 nitrogen and oxygen atoms in total. The third kappa shape index (κ3) is 4.17. The Labute approximate surface area is 161 Å². The predicted molar refractivity (Wildman–Crippen MR) is 109 cm³/mol. The number of nitrogens with one attached hydrogen (secondary N) is 2. The van der Waals surface area contributed by atoms with Gasteiger partial charge in [0.15, 0.2) is 16.5 Å². The van der Waals surface area contributed by atoms with E-state index < -0.39 is 0 Å². The van der Waals surface area contributed by atoms with E-state index in [1.807, 2.05) is 54.6 Å². The van der Waals surface area contributed by atoms with E-state index in [1.54, 1.807) is 23.5 Å². The van der Waals surface area contributed by atoms with Crippen molar-refractivity contribution in [2.75, 3.05) is 18.4 Å². The highest BCUT2D eigenvalue weighted by Gasteiger charge is 2.14. The summed E-state index contributed by atoms with van der Waals surface area (Å²) in [6, 6.07) is 21.4. The number of thiazole rings is 1. The molecule has 0 saturated heterocycles. The van der Waals surface area contributed by atoms with Crippen LogP contribution in [0, 0.1) is 0 Å². The summed E-state index contributed by atoms with van der Waals surface area (Å²) in [4.78, 5) is 16.8. The van der Waals surface area contributed by atoms with E-state index in [0.29, 0.717) is 18.1 Å². The zero-order chi connectivity index (χ0) is 18.5. The van der Waals surface area contributed by atoms with Gasteiger partial charge in [-0.2, -0.15) is 0 Å². The zero-order valence-corrected chi connectivity index (χ0v) is 15.5. The summed E-state index contributed by atoms with van der Waals surface area (Å²) >= 11 is 1.55. The standard InChI is InChI=1S/C21H19N3O2S/c25-20(23-14-6-13-22-15-7-2-1-3-8-15)17-11-12-18(26-17)21-24-16-9-4-5-10-19(16)27-21/h1-5,7-12,22H,6,13-14H2,(H,23,25). The number of carbonyl (C=O) groups is 1. The average molecular weight is 377 g/mol. The Morgan fingerprint density at radius 3 is 2.63 bits per heavy atom. The number of hydrogen-bond acceptors (Lipinski definition) is 5. The van der Waals surface area contributed by atoms with Crippen LogP contribution in [0.4, 0.5) is 5.69 Å². The summed E-state index contributed by atoms with van der Waals surface area (Å²) < 4.78 is 6.81. The summed E-state index contributed by atoms with van der Waals surface area (Å²) in [7, 11) is 0. The Morgan fingerprint density at radius 1 is 0.963 bits per heavy atom. The molecule has 136 valence electrons. The largest absolute Gasteiger partial charge is 0.448 e.